The molecular formula is C10H10N4. The maximum atomic E-state index is 4.01. The van der Waals surface area contributed by atoms with Crippen LogP contribution in [0.2, 0.25) is 0 Å². The molecule has 0 spiro atoms. The molecule has 0 atom stereocenters. The van der Waals surface area contributed by atoms with Gasteiger partial charge in [-0.2, -0.15) is 5.10 Å². The fraction of sp³-hybridized carbons (Fsp3) is 0.100. The third-order valence-corrected chi connectivity index (χ3v) is 1.79. The number of aromatic nitrogens is 3. The van der Waals surface area contributed by atoms with Gasteiger partial charge in [0.2, 0.25) is 5.95 Å². The molecule has 0 aliphatic heterocycles. The monoisotopic (exact) mass is 186 g/mol. The van der Waals surface area contributed by atoms with Crippen LogP contribution in [0.15, 0.2) is 36.7 Å². The second kappa shape index (κ2) is 3.83. The first-order valence-corrected chi connectivity index (χ1v) is 4.32. The molecular weight excluding hydrogens is 176 g/mol. The van der Waals surface area contributed by atoms with Gasteiger partial charge < -0.3 is 5.32 Å². The molecule has 1 aromatic heterocycles. The molecule has 0 amide bonds. The van der Waals surface area contributed by atoms with Gasteiger partial charge in [0, 0.05) is 5.69 Å². The second-order valence-corrected chi connectivity index (χ2v) is 2.96. The summed E-state index contributed by atoms with van der Waals surface area (Å²) in [5.74, 6) is 0.511. The molecule has 2 rings (SSSR count). The van der Waals surface area contributed by atoms with Gasteiger partial charge in [-0.25, -0.2) is 4.98 Å². The van der Waals surface area contributed by atoms with Gasteiger partial charge in [-0.1, -0.05) is 17.7 Å². The molecule has 0 saturated carbocycles. The molecule has 0 radical (unpaired) electrons. The highest BCUT2D eigenvalue weighted by Gasteiger charge is 1.95. The summed E-state index contributed by atoms with van der Waals surface area (Å²) in [4.78, 5) is 4.01. The van der Waals surface area contributed by atoms with E-state index in [-0.39, 0.29) is 0 Å². The maximum absolute atomic E-state index is 4.01. The first-order chi connectivity index (χ1) is 6.84. The van der Waals surface area contributed by atoms with Crippen molar-refractivity contribution in [2.24, 2.45) is 0 Å². The van der Waals surface area contributed by atoms with Gasteiger partial charge in [-0.3, -0.25) is 0 Å². The van der Waals surface area contributed by atoms with E-state index in [1.54, 1.807) is 12.4 Å². The number of hydrogen-bond acceptors (Lipinski definition) is 4. The van der Waals surface area contributed by atoms with Crippen LogP contribution in [0, 0.1) is 6.92 Å². The minimum Gasteiger partial charge on any atom is -0.323 e. The zero-order valence-corrected chi connectivity index (χ0v) is 7.81. The summed E-state index contributed by atoms with van der Waals surface area (Å²) in [6.07, 6.45) is 3.14. The lowest BCUT2D eigenvalue weighted by atomic mass is 10.2. The average molecular weight is 186 g/mol. The Morgan fingerprint density at radius 2 is 1.86 bits per heavy atom. The molecule has 70 valence electrons. The zero-order valence-electron chi connectivity index (χ0n) is 7.81. The van der Waals surface area contributed by atoms with Crippen molar-refractivity contribution in [3.63, 3.8) is 0 Å². The number of rotatable bonds is 2. The lowest BCUT2D eigenvalue weighted by molar-refractivity contribution is 0.978. The Morgan fingerprint density at radius 3 is 2.50 bits per heavy atom. The van der Waals surface area contributed by atoms with Crippen molar-refractivity contribution in [3.05, 3.63) is 42.2 Å². The number of nitrogens with zero attached hydrogens (tertiary/aromatic N) is 3. The van der Waals surface area contributed by atoms with E-state index in [1.807, 2.05) is 31.2 Å². The van der Waals surface area contributed by atoms with E-state index in [2.05, 4.69) is 20.5 Å². The van der Waals surface area contributed by atoms with E-state index in [0.29, 0.717) is 5.95 Å². The van der Waals surface area contributed by atoms with Crippen LogP contribution in [0.25, 0.3) is 0 Å². The molecule has 1 aromatic carbocycles. The van der Waals surface area contributed by atoms with Crippen LogP contribution in [0.1, 0.15) is 5.56 Å². The number of hydrogen-bond donors (Lipinski definition) is 1. The maximum Gasteiger partial charge on any atom is 0.247 e. The number of nitrogens with one attached hydrogen (secondary N) is 1. The molecule has 4 nitrogen and oxygen atoms in total. The number of aryl methyl sites for hydroxylation is 1. The molecule has 0 bridgehead atoms. The van der Waals surface area contributed by atoms with Crippen molar-refractivity contribution in [3.8, 4) is 0 Å². The summed E-state index contributed by atoms with van der Waals surface area (Å²) in [7, 11) is 0. The Balaban J connectivity index is 2.16. The average Bonchev–Trinajstić information content (AvgIpc) is 2.23. The quantitative estimate of drug-likeness (QED) is 0.778. The zero-order chi connectivity index (χ0) is 9.80. The van der Waals surface area contributed by atoms with E-state index in [4.69, 9.17) is 0 Å². The first kappa shape index (κ1) is 8.62. The van der Waals surface area contributed by atoms with Crippen LogP contribution in [-0.2, 0) is 0 Å². The van der Waals surface area contributed by atoms with E-state index >= 15 is 0 Å². The summed E-state index contributed by atoms with van der Waals surface area (Å²) in [5, 5.41) is 10.6. The van der Waals surface area contributed by atoms with E-state index in [9.17, 15) is 0 Å². The first-order valence-electron chi connectivity index (χ1n) is 4.32. The largest absolute Gasteiger partial charge is 0.323 e. The number of anilines is 2. The van der Waals surface area contributed by atoms with Gasteiger partial charge in [0.15, 0.2) is 0 Å². The summed E-state index contributed by atoms with van der Waals surface area (Å²) < 4.78 is 0. The van der Waals surface area contributed by atoms with E-state index in [0.717, 1.165) is 5.69 Å². The molecule has 0 aliphatic rings. The van der Waals surface area contributed by atoms with Crippen molar-refractivity contribution in [2.75, 3.05) is 5.32 Å². The van der Waals surface area contributed by atoms with Crippen LogP contribution in [0.4, 0.5) is 11.6 Å². The molecule has 0 aliphatic carbocycles. The Bertz CT molecular complexity index is 396. The molecule has 0 fully saturated rings. The van der Waals surface area contributed by atoms with Gasteiger partial charge in [-0.05, 0) is 19.1 Å². The lowest BCUT2D eigenvalue weighted by Gasteiger charge is -2.02. The normalized spacial score (nSPS) is 9.79. The topological polar surface area (TPSA) is 50.7 Å². The fourth-order valence-corrected chi connectivity index (χ4v) is 1.07. The lowest BCUT2D eigenvalue weighted by Crippen LogP contribution is -1.97. The molecule has 2 aromatic rings. The van der Waals surface area contributed by atoms with Gasteiger partial charge in [-0.15, -0.1) is 5.10 Å². The third kappa shape index (κ3) is 2.04. The Hall–Kier alpha value is -1.97. The van der Waals surface area contributed by atoms with Crippen molar-refractivity contribution in [1.82, 2.24) is 15.2 Å². The molecule has 4 heteroatoms. The van der Waals surface area contributed by atoms with E-state index < -0.39 is 0 Å². The van der Waals surface area contributed by atoms with Crippen LogP contribution in [-0.4, -0.2) is 15.2 Å². The smallest absolute Gasteiger partial charge is 0.247 e. The summed E-state index contributed by atoms with van der Waals surface area (Å²) in [6.45, 7) is 2.05. The number of benzene rings is 1. The predicted octanol–water partition coefficient (Wildman–Crippen LogP) is 1.92. The molecule has 1 N–H and O–H groups in total. The van der Waals surface area contributed by atoms with Gasteiger partial charge in [0.1, 0.15) is 0 Å². The minimum absolute atomic E-state index is 0.511. The molecule has 14 heavy (non-hydrogen) atoms. The highest BCUT2D eigenvalue weighted by Crippen LogP contribution is 2.11. The standard InChI is InChI=1S/C10H10N4/c1-8-2-4-9(5-3-8)13-10-11-6-7-12-14-10/h2-7H,1H3,(H,11,13,14). The van der Waals surface area contributed by atoms with Crippen molar-refractivity contribution < 1.29 is 0 Å². The van der Waals surface area contributed by atoms with E-state index in [1.165, 1.54) is 5.56 Å². The van der Waals surface area contributed by atoms with Gasteiger partial charge in [0.05, 0.1) is 12.4 Å². The highest BCUT2D eigenvalue weighted by atomic mass is 15.2. The second-order valence-electron chi connectivity index (χ2n) is 2.96. The summed E-state index contributed by atoms with van der Waals surface area (Å²) >= 11 is 0. The Kier molecular flexibility index (Phi) is 2.36. The molecule has 0 unspecified atom stereocenters. The minimum atomic E-state index is 0.511. The highest BCUT2D eigenvalue weighted by molar-refractivity contribution is 5.52. The van der Waals surface area contributed by atoms with Crippen LogP contribution < -0.4 is 5.32 Å². The molecule has 0 saturated heterocycles. The summed E-state index contributed by atoms with van der Waals surface area (Å²) in [6, 6.07) is 8.01. The SMILES string of the molecule is Cc1ccc(Nc2nccnn2)cc1. The van der Waals surface area contributed by atoms with Crippen molar-refractivity contribution in [1.29, 1.82) is 0 Å². The Morgan fingerprint density at radius 1 is 1.07 bits per heavy atom. The summed E-state index contributed by atoms with van der Waals surface area (Å²) in [5.41, 5.74) is 2.19. The van der Waals surface area contributed by atoms with Crippen molar-refractivity contribution in [2.45, 2.75) is 6.92 Å². The predicted molar refractivity (Wildman–Crippen MR) is 54.3 cm³/mol. The van der Waals surface area contributed by atoms with Crippen molar-refractivity contribution >= 4 is 11.6 Å². The van der Waals surface area contributed by atoms with Gasteiger partial charge in [0.25, 0.3) is 0 Å². The third-order valence-electron chi connectivity index (χ3n) is 1.79. The Labute approximate surface area is 82.0 Å². The van der Waals surface area contributed by atoms with Crippen LogP contribution in [0.5, 0.6) is 0 Å². The van der Waals surface area contributed by atoms with Crippen LogP contribution >= 0.6 is 0 Å². The molecule has 1 heterocycles. The van der Waals surface area contributed by atoms with Crippen LogP contribution in [0.3, 0.4) is 0 Å². The van der Waals surface area contributed by atoms with Gasteiger partial charge >= 0.3 is 0 Å². The fourth-order valence-electron chi connectivity index (χ4n) is 1.07.